The number of hydrogen-bond acceptors (Lipinski definition) is 6. The highest BCUT2D eigenvalue weighted by molar-refractivity contribution is 5.91. The Morgan fingerprint density at radius 2 is 1.69 bits per heavy atom. The maximum atomic E-state index is 13.4. The summed E-state index contributed by atoms with van der Waals surface area (Å²) in [7, 11) is 1.51. The van der Waals surface area contributed by atoms with Gasteiger partial charge in [0.1, 0.15) is 30.3 Å². The number of rotatable bonds is 7. The van der Waals surface area contributed by atoms with E-state index in [0.29, 0.717) is 22.7 Å². The normalized spacial score (nSPS) is 18.8. The lowest BCUT2D eigenvalue weighted by atomic mass is 9.96. The van der Waals surface area contributed by atoms with E-state index in [2.05, 4.69) is 0 Å². The van der Waals surface area contributed by atoms with Crippen molar-refractivity contribution in [1.29, 1.82) is 0 Å². The predicted octanol–water partition coefficient (Wildman–Crippen LogP) is 4.05. The van der Waals surface area contributed by atoms with Crippen molar-refractivity contribution in [1.82, 2.24) is 0 Å². The van der Waals surface area contributed by atoms with Crippen LogP contribution in [0.3, 0.4) is 0 Å². The van der Waals surface area contributed by atoms with Gasteiger partial charge >= 0.3 is 6.09 Å². The Bertz CT molecular complexity index is 1070. The molecule has 8 heteroatoms. The van der Waals surface area contributed by atoms with Gasteiger partial charge < -0.3 is 24.4 Å². The van der Waals surface area contributed by atoms with Gasteiger partial charge in [-0.1, -0.05) is 24.3 Å². The molecule has 1 fully saturated rings. The zero-order valence-corrected chi connectivity index (χ0v) is 17.2. The molecule has 7 nitrogen and oxygen atoms in total. The quantitative estimate of drug-likeness (QED) is 0.578. The topological polar surface area (TPSA) is 88.5 Å². The van der Waals surface area contributed by atoms with Crippen molar-refractivity contribution in [2.75, 3.05) is 18.6 Å². The Kier molecular flexibility index (Phi) is 6.13. The second-order valence-electron chi connectivity index (χ2n) is 7.26. The van der Waals surface area contributed by atoms with Crippen molar-refractivity contribution >= 4 is 11.8 Å². The molecule has 3 aromatic rings. The molecular formula is C24H22FNO6. The largest absolute Gasteiger partial charge is 0.508 e. The number of benzene rings is 3. The maximum absolute atomic E-state index is 13.4. The number of cyclic esters (lactones) is 1. The molecule has 1 aliphatic rings. The third-order valence-corrected chi connectivity index (χ3v) is 5.22. The van der Waals surface area contributed by atoms with E-state index in [1.807, 2.05) is 0 Å². The fourth-order valence-corrected chi connectivity index (χ4v) is 3.67. The molecule has 0 aliphatic carbocycles. The van der Waals surface area contributed by atoms with E-state index in [-0.39, 0.29) is 12.4 Å². The van der Waals surface area contributed by atoms with Crippen LogP contribution in [0.4, 0.5) is 14.9 Å². The van der Waals surface area contributed by atoms with Gasteiger partial charge in [-0.3, -0.25) is 4.90 Å². The number of carbonyl (C=O) groups is 1. The first-order valence-corrected chi connectivity index (χ1v) is 9.96. The fourth-order valence-electron chi connectivity index (χ4n) is 3.67. The number of phenols is 1. The van der Waals surface area contributed by atoms with Crippen molar-refractivity contribution < 1.29 is 33.6 Å². The third-order valence-electron chi connectivity index (χ3n) is 5.22. The van der Waals surface area contributed by atoms with Crippen molar-refractivity contribution in [3.05, 3.63) is 84.2 Å². The van der Waals surface area contributed by atoms with Gasteiger partial charge in [-0.15, -0.1) is 0 Å². The zero-order chi connectivity index (χ0) is 22.7. The average molecular weight is 439 g/mol. The Morgan fingerprint density at radius 1 is 1.03 bits per heavy atom. The summed E-state index contributed by atoms with van der Waals surface area (Å²) in [6.07, 6.45) is -2.85. The number of methoxy groups -OCH3 is 1. The highest BCUT2D eigenvalue weighted by atomic mass is 19.1. The second kappa shape index (κ2) is 9.15. The molecule has 166 valence electrons. The summed E-state index contributed by atoms with van der Waals surface area (Å²) >= 11 is 0. The van der Waals surface area contributed by atoms with E-state index in [9.17, 15) is 19.4 Å². The number of aromatic hydroxyl groups is 1. The molecule has 4 rings (SSSR count). The first-order valence-electron chi connectivity index (χ1n) is 9.96. The Morgan fingerprint density at radius 3 is 2.34 bits per heavy atom. The smallest absolute Gasteiger partial charge is 0.415 e. The van der Waals surface area contributed by atoms with Crippen LogP contribution in [0.15, 0.2) is 72.8 Å². The van der Waals surface area contributed by atoms with Crippen LogP contribution in [0.1, 0.15) is 11.6 Å². The van der Waals surface area contributed by atoms with Crippen LogP contribution in [0.5, 0.6) is 17.2 Å². The zero-order valence-electron chi connectivity index (χ0n) is 17.2. The molecule has 1 heterocycles. The molecular weight excluding hydrogens is 417 g/mol. The Balaban J connectivity index is 1.62. The van der Waals surface area contributed by atoms with E-state index in [4.69, 9.17) is 14.2 Å². The highest BCUT2D eigenvalue weighted by Gasteiger charge is 2.47. The number of para-hydroxylation sites is 2. The number of hydrogen-bond donors (Lipinski definition) is 2. The molecule has 2 N–H and O–H groups in total. The Labute approximate surface area is 184 Å². The molecule has 3 atom stereocenters. The van der Waals surface area contributed by atoms with E-state index >= 15 is 0 Å². The van der Waals surface area contributed by atoms with Gasteiger partial charge in [0.2, 0.25) is 0 Å². The number of halogens is 1. The second-order valence-corrected chi connectivity index (χ2v) is 7.26. The molecule has 32 heavy (non-hydrogen) atoms. The van der Waals surface area contributed by atoms with Crippen molar-refractivity contribution in [3.8, 4) is 17.2 Å². The van der Waals surface area contributed by atoms with E-state index in [0.717, 1.165) is 0 Å². The minimum atomic E-state index is -1.19. The molecule has 0 saturated carbocycles. The van der Waals surface area contributed by atoms with Crippen LogP contribution < -0.4 is 14.4 Å². The lowest BCUT2D eigenvalue weighted by Gasteiger charge is -2.27. The number of phenolic OH excluding ortho intramolecular Hbond substituents is 1. The number of anilines is 1. The predicted molar refractivity (Wildman–Crippen MR) is 114 cm³/mol. The van der Waals surface area contributed by atoms with Gasteiger partial charge in [-0.2, -0.15) is 0 Å². The van der Waals surface area contributed by atoms with Gasteiger partial charge in [0.05, 0.1) is 7.11 Å². The van der Waals surface area contributed by atoms with Gasteiger partial charge in [0.25, 0.3) is 0 Å². The van der Waals surface area contributed by atoms with Gasteiger partial charge in [-0.05, 0) is 54.1 Å². The number of aliphatic hydroxyl groups excluding tert-OH is 1. The lowest BCUT2D eigenvalue weighted by molar-refractivity contribution is -0.00688. The average Bonchev–Trinajstić information content (AvgIpc) is 3.15. The monoisotopic (exact) mass is 439 g/mol. The molecule has 2 unspecified atom stereocenters. The molecule has 0 aromatic heterocycles. The molecule has 0 bridgehead atoms. The summed E-state index contributed by atoms with van der Waals surface area (Å²) in [6.45, 7) is -0.163. The minimum Gasteiger partial charge on any atom is -0.508 e. The molecule has 1 amide bonds. The first-order chi connectivity index (χ1) is 15.5. The van der Waals surface area contributed by atoms with E-state index in [1.54, 1.807) is 36.4 Å². The number of carbonyl (C=O) groups excluding carboxylic acids is 1. The fraction of sp³-hybridized carbons (Fsp3) is 0.208. The molecule has 1 saturated heterocycles. The van der Waals surface area contributed by atoms with Gasteiger partial charge in [-0.25, -0.2) is 9.18 Å². The van der Waals surface area contributed by atoms with Crippen LogP contribution in [-0.4, -0.2) is 42.2 Å². The van der Waals surface area contributed by atoms with E-state index in [1.165, 1.54) is 48.4 Å². The SMILES string of the molecule is COc1ccccc1OCC(O)C1OC(=O)N(c2ccc(F)cc2)[C@@H]1c1ccc(O)cc1. The number of nitrogens with zero attached hydrogens (tertiary/aromatic N) is 1. The first kappa shape index (κ1) is 21.5. The van der Waals surface area contributed by atoms with Crippen molar-refractivity contribution in [3.63, 3.8) is 0 Å². The maximum Gasteiger partial charge on any atom is 0.415 e. The summed E-state index contributed by atoms with van der Waals surface area (Å²) < 4.78 is 29.9. The molecule has 1 aliphatic heterocycles. The number of aliphatic hydroxyl groups is 1. The van der Waals surface area contributed by atoms with Crippen molar-refractivity contribution in [2.45, 2.75) is 18.2 Å². The summed E-state index contributed by atoms with van der Waals surface area (Å²) in [5, 5.41) is 20.6. The Hall–Kier alpha value is -3.78. The lowest BCUT2D eigenvalue weighted by Crippen LogP contribution is -2.38. The van der Waals surface area contributed by atoms with Crippen LogP contribution >= 0.6 is 0 Å². The van der Waals surface area contributed by atoms with Crippen molar-refractivity contribution in [2.24, 2.45) is 0 Å². The summed E-state index contributed by atoms with van der Waals surface area (Å²) in [4.78, 5) is 14.1. The van der Waals surface area contributed by atoms with E-state index < -0.39 is 30.2 Å². The van der Waals surface area contributed by atoms with Crippen LogP contribution in [-0.2, 0) is 4.74 Å². The third kappa shape index (κ3) is 4.31. The summed E-state index contributed by atoms with van der Waals surface area (Å²) in [6, 6.07) is 17.9. The standard InChI is InChI=1S/C24H22FNO6/c1-30-20-4-2-3-5-21(20)31-14-19(28)23-22(15-6-12-18(27)13-7-15)26(24(29)32-23)17-10-8-16(25)9-11-17/h2-13,19,22-23,27-28H,14H2,1H3/t19?,22-,23?/m1/s1. The molecule has 0 spiro atoms. The van der Waals surface area contributed by atoms with Gasteiger partial charge in [0, 0.05) is 5.69 Å². The van der Waals surface area contributed by atoms with Crippen LogP contribution in [0.2, 0.25) is 0 Å². The van der Waals surface area contributed by atoms with Crippen LogP contribution in [0, 0.1) is 5.82 Å². The molecule has 0 radical (unpaired) electrons. The number of amides is 1. The molecule has 3 aromatic carbocycles. The summed E-state index contributed by atoms with van der Waals surface area (Å²) in [5.41, 5.74) is 1.04. The minimum absolute atomic E-state index is 0.0592. The van der Waals surface area contributed by atoms with Gasteiger partial charge in [0.15, 0.2) is 17.6 Å². The summed E-state index contributed by atoms with van der Waals surface area (Å²) in [5.74, 6) is 0.564. The number of ether oxygens (including phenoxy) is 3. The van der Waals surface area contributed by atoms with Crippen LogP contribution in [0.25, 0.3) is 0 Å². The highest BCUT2D eigenvalue weighted by Crippen LogP contribution is 2.39.